The first-order chi connectivity index (χ1) is 9.45. The molecule has 0 atom stereocenters. The molecule has 1 aromatic carbocycles. The maximum Gasteiger partial charge on any atom is 0.451 e. The van der Waals surface area contributed by atoms with Crippen molar-refractivity contribution in [2.45, 2.75) is 6.18 Å². The highest BCUT2D eigenvalue weighted by molar-refractivity contribution is 5.85. The number of rotatable bonds is 2. The Kier molecular flexibility index (Phi) is 3.83. The van der Waals surface area contributed by atoms with Gasteiger partial charge in [0, 0.05) is 0 Å². The minimum absolute atomic E-state index is 0.000990. The van der Waals surface area contributed by atoms with Gasteiger partial charge >= 0.3 is 12.3 Å². The number of aromatic nitrogens is 2. The van der Waals surface area contributed by atoms with Crippen LogP contribution in [0, 0.1) is 0 Å². The number of benzene rings is 1. The number of nitrogens with zero attached hydrogens (tertiary/aromatic N) is 2. The predicted octanol–water partition coefficient (Wildman–Crippen LogP) is 3.11. The van der Waals surface area contributed by atoms with Crippen molar-refractivity contribution in [1.29, 1.82) is 0 Å². The third-order valence-corrected chi connectivity index (χ3v) is 2.11. The SMILES string of the molecule is O=C(Nc1cnc(C(F)(F)F)nc1)Oc1ccccc1. The number of amides is 1. The lowest BCUT2D eigenvalue weighted by molar-refractivity contribution is -0.144. The van der Waals surface area contributed by atoms with Gasteiger partial charge in [-0.3, -0.25) is 5.32 Å². The molecule has 0 fully saturated rings. The lowest BCUT2D eigenvalue weighted by Crippen LogP contribution is -2.18. The largest absolute Gasteiger partial charge is 0.451 e. The van der Waals surface area contributed by atoms with Gasteiger partial charge in [0.2, 0.25) is 5.82 Å². The van der Waals surface area contributed by atoms with Gasteiger partial charge in [0.15, 0.2) is 0 Å². The van der Waals surface area contributed by atoms with Gasteiger partial charge in [-0.15, -0.1) is 0 Å². The summed E-state index contributed by atoms with van der Waals surface area (Å²) >= 11 is 0. The Morgan fingerprint density at radius 3 is 2.25 bits per heavy atom. The molecular weight excluding hydrogens is 275 g/mol. The number of carbonyl (C=O) groups is 1. The fourth-order valence-corrected chi connectivity index (χ4v) is 1.28. The molecule has 0 aliphatic carbocycles. The molecule has 2 rings (SSSR count). The summed E-state index contributed by atoms with van der Waals surface area (Å²) in [6, 6.07) is 8.20. The van der Waals surface area contributed by atoms with Crippen molar-refractivity contribution in [2.75, 3.05) is 5.32 Å². The van der Waals surface area contributed by atoms with Gasteiger partial charge in [-0.1, -0.05) is 18.2 Å². The Morgan fingerprint density at radius 2 is 1.70 bits per heavy atom. The van der Waals surface area contributed by atoms with Crippen LogP contribution in [0.5, 0.6) is 5.75 Å². The van der Waals surface area contributed by atoms with Crippen LogP contribution in [-0.4, -0.2) is 16.1 Å². The number of para-hydroxylation sites is 1. The Bertz CT molecular complexity index is 585. The van der Waals surface area contributed by atoms with Gasteiger partial charge in [-0.2, -0.15) is 13.2 Å². The zero-order chi connectivity index (χ0) is 14.6. The molecule has 0 saturated carbocycles. The number of hydrogen-bond donors (Lipinski definition) is 1. The summed E-state index contributed by atoms with van der Waals surface area (Å²) < 4.78 is 41.6. The number of hydrogen-bond acceptors (Lipinski definition) is 4. The average molecular weight is 283 g/mol. The average Bonchev–Trinajstić information content (AvgIpc) is 2.39. The molecule has 1 N–H and O–H groups in total. The van der Waals surface area contributed by atoms with Crippen molar-refractivity contribution in [2.24, 2.45) is 0 Å². The second-order valence-electron chi connectivity index (χ2n) is 3.62. The Labute approximate surface area is 111 Å². The van der Waals surface area contributed by atoms with Crippen LogP contribution < -0.4 is 10.1 Å². The predicted molar refractivity (Wildman–Crippen MR) is 63.1 cm³/mol. The Morgan fingerprint density at radius 1 is 1.10 bits per heavy atom. The van der Waals surface area contributed by atoms with Crippen LogP contribution in [0.4, 0.5) is 23.7 Å². The van der Waals surface area contributed by atoms with Gasteiger partial charge in [0.25, 0.3) is 0 Å². The first kappa shape index (κ1) is 13.8. The summed E-state index contributed by atoms with van der Waals surface area (Å²) in [4.78, 5) is 17.7. The summed E-state index contributed by atoms with van der Waals surface area (Å²) in [5.74, 6) is -0.975. The minimum atomic E-state index is -4.62. The molecule has 0 saturated heterocycles. The fourth-order valence-electron chi connectivity index (χ4n) is 1.28. The van der Waals surface area contributed by atoms with Crippen molar-refractivity contribution in [3.05, 3.63) is 48.5 Å². The van der Waals surface area contributed by atoms with Crippen molar-refractivity contribution >= 4 is 11.8 Å². The molecule has 2 aromatic rings. The molecule has 0 aliphatic rings. The summed E-state index contributed by atoms with van der Waals surface area (Å²) in [5.41, 5.74) is -0.000990. The van der Waals surface area contributed by atoms with E-state index in [0.717, 1.165) is 12.4 Å². The zero-order valence-electron chi connectivity index (χ0n) is 9.89. The maximum absolute atomic E-state index is 12.2. The lowest BCUT2D eigenvalue weighted by atomic mass is 10.3. The molecule has 0 radical (unpaired) electrons. The van der Waals surface area contributed by atoms with Crippen LogP contribution in [0.2, 0.25) is 0 Å². The molecule has 20 heavy (non-hydrogen) atoms. The minimum Gasteiger partial charge on any atom is -0.410 e. The normalized spacial score (nSPS) is 10.9. The van der Waals surface area contributed by atoms with E-state index >= 15 is 0 Å². The lowest BCUT2D eigenvalue weighted by Gasteiger charge is -2.07. The van der Waals surface area contributed by atoms with E-state index in [2.05, 4.69) is 15.3 Å². The molecule has 0 aliphatic heterocycles. The highest BCUT2D eigenvalue weighted by Crippen LogP contribution is 2.25. The van der Waals surface area contributed by atoms with Gasteiger partial charge in [-0.25, -0.2) is 14.8 Å². The van der Waals surface area contributed by atoms with Crippen molar-refractivity contribution in [1.82, 2.24) is 9.97 Å². The third-order valence-electron chi connectivity index (χ3n) is 2.11. The monoisotopic (exact) mass is 283 g/mol. The van der Waals surface area contributed by atoms with Crippen LogP contribution >= 0.6 is 0 Å². The molecule has 1 heterocycles. The molecule has 104 valence electrons. The molecule has 0 spiro atoms. The number of carbonyl (C=O) groups excluding carboxylic acids is 1. The van der Waals surface area contributed by atoms with Crippen molar-refractivity contribution in [3.63, 3.8) is 0 Å². The van der Waals surface area contributed by atoms with Crippen molar-refractivity contribution < 1.29 is 22.7 Å². The van der Waals surface area contributed by atoms with E-state index in [-0.39, 0.29) is 5.69 Å². The van der Waals surface area contributed by atoms with Gasteiger partial charge in [0.1, 0.15) is 5.75 Å². The van der Waals surface area contributed by atoms with E-state index in [1.165, 1.54) is 0 Å². The molecule has 1 amide bonds. The van der Waals surface area contributed by atoms with E-state index in [1.807, 2.05) is 0 Å². The Balaban J connectivity index is 1.98. The van der Waals surface area contributed by atoms with E-state index in [9.17, 15) is 18.0 Å². The highest BCUT2D eigenvalue weighted by atomic mass is 19.4. The summed E-state index contributed by atoms with van der Waals surface area (Å²) in [7, 11) is 0. The van der Waals surface area contributed by atoms with Gasteiger partial charge in [-0.05, 0) is 12.1 Å². The first-order valence-electron chi connectivity index (χ1n) is 5.38. The van der Waals surface area contributed by atoms with E-state index < -0.39 is 18.1 Å². The molecule has 5 nitrogen and oxygen atoms in total. The number of halogens is 3. The second-order valence-corrected chi connectivity index (χ2v) is 3.62. The molecule has 0 unspecified atom stereocenters. The molecule has 1 aromatic heterocycles. The quantitative estimate of drug-likeness (QED) is 0.919. The number of anilines is 1. The summed E-state index contributed by atoms with van der Waals surface area (Å²) in [6.45, 7) is 0. The molecule has 8 heteroatoms. The maximum atomic E-state index is 12.2. The first-order valence-corrected chi connectivity index (χ1v) is 5.38. The zero-order valence-corrected chi connectivity index (χ0v) is 9.89. The van der Waals surface area contributed by atoms with E-state index in [1.54, 1.807) is 30.3 Å². The topological polar surface area (TPSA) is 64.1 Å². The highest BCUT2D eigenvalue weighted by Gasteiger charge is 2.34. The third kappa shape index (κ3) is 3.67. The smallest absolute Gasteiger partial charge is 0.410 e. The van der Waals surface area contributed by atoms with Gasteiger partial charge < -0.3 is 4.74 Å². The van der Waals surface area contributed by atoms with Crippen LogP contribution in [0.1, 0.15) is 5.82 Å². The molecule has 0 bridgehead atoms. The Hall–Kier alpha value is -2.64. The standard InChI is InChI=1S/C12H8F3N3O2/c13-12(14,15)10-16-6-8(7-17-10)18-11(19)20-9-4-2-1-3-5-9/h1-7H,(H,18,19). The van der Waals surface area contributed by atoms with E-state index in [4.69, 9.17) is 4.74 Å². The van der Waals surface area contributed by atoms with Crippen LogP contribution in [0.25, 0.3) is 0 Å². The molecular formula is C12H8F3N3O2. The van der Waals surface area contributed by atoms with Crippen molar-refractivity contribution in [3.8, 4) is 5.75 Å². The summed E-state index contributed by atoms with van der Waals surface area (Å²) in [5, 5.41) is 2.22. The van der Waals surface area contributed by atoms with Gasteiger partial charge in [0.05, 0.1) is 18.1 Å². The van der Waals surface area contributed by atoms with E-state index in [0.29, 0.717) is 5.75 Å². The number of ether oxygens (including phenoxy) is 1. The number of nitrogens with one attached hydrogen (secondary N) is 1. The second kappa shape index (κ2) is 5.55. The van der Waals surface area contributed by atoms with Crippen LogP contribution in [0.3, 0.4) is 0 Å². The summed E-state index contributed by atoms with van der Waals surface area (Å²) in [6.07, 6.45) is -3.77. The van der Waals surface area contributed by atoms with Crippen LogP contribution in [-0.2, 0) is 6.18 Å². The van der Waals surface area contributed by atoms with Crippen LogP contribution in [0.15, 0.2) is 42.7 Å². The fraction of sp³-hybridized carbons (Fsp3) is 0.0833. The number of alkyl halides is 3.